The van der Waals surface area contributed by atoms with Gasteiger partial charge in [-0.15, -0.1) is 0 Å². The van der Waals surface area contributed by atoms with E-state index < -0.39 is 0 Å². The van der Waals surface area contributed by atoms with Crippen molar-refractivity contribution in [2.45, 2.75) is 32.3 Å². The fraction of sp³-hybridized carbons (Fsp3) is 0.429. The monoisotopic (exact) mass is 510 g/mol. The van der Waals surface area contributed by atoms with Crippen LogP contribution in [0.1, 0.15) is 30.4 Å². The third-order valence-corrected chi connectivity index (χ3v) is 6.84. The molecule has 37 heavy (non-hydrogen) atoms. The normalized spacial score (nSPS) is 14.1. The summed E-state index contributed by atoms with van der Waals surface area (Å²) in [7, 11) is 1.65. The predicted molar refractivity (Wildman–Crippen MR) is 140 cm³/mol. The van der Waals surface area contributed by atoms with Crippen LogP contribution in [-0.2, 0) is 22.6 Å². The summed E-state index contributed by atoms with van der Waals surface area (Å²) in [5.41, 5.74) is 3.01. The van der Waals surface area contributed by atoms with Gasteiger partial charge in [-0.3, -0.25) is 4.79 Å². The van der Waals surface area contributed by atoms with E-state index in [1.807, 2.05) is 29.3 Å². The van der Waals surface area contributed by atoms with Crippen molar-refractivity contribution in [1.29, 1.82) is 0 Å². The van der Waals surface area contributed by atoms with Crippen molar-refractivity contribution in [2.75, 3.05) is 39.9 Å². The molecule has 1 fully saturated rings. The van der Waals surface area contributed by atoms with Crippen LogP contribution in [0.15, 0.2) is 48.7 Å². The fourth-order valence-corrected chi connectivity index (χ4v) is 4.65. The molecule has 1 saturated heterocycles. The number of rotatable bonds is 11. The quantitative estimate of drug-likeness (QED) is 0.363. The van der Waals surface area contributed by atoms with Crippen molar-refractivity contribution >= 4 is 22.8 Å². The number of aromatic amines is 1. The zero-order chi connectivity index (χ0) is 26.0. The standard InChI is InChI=1S/C28H35FN4O4/c1-36-24-6-7-25-22(17-32-26(25)16-24)9-13-31-28(35)33-14-10-20(11-15-33)8-12-30-27(34)19-37-18-21-2-4-23(29)5-3-21/h2-7,16-17,20,32H,8-15,18-19H2,1H3,(H,30,34)(H,31,35). The van der Waals surface area contributed by atoms with E-state index in [0.29, 0.717) is 19.0 Å². The number of amides is 3. The highest BCUT2D eigenvalue weighted by atomic mass is 19.1. The van der Waals surface area contributed by atoms with Gasteiger partial charge in [0, 0.05) is 49.3 Å². The Morgan fingerprint density at radius 1 is 1.08 bits per heavy atom. The molecular formula is C28H35FN4O4. The number of aromatic nitrogens is 1. The number of nitrogens with zero attached hydrogens (tertiary/aromatic N) is 1. The minimum atomic E-state index is -0.295. The zero-order valence-electron chi connectivity index (χ0n) is 21.2. The van der Waals surface area contributed by atoms with E-state index in [1.54, 1.807) is 19.2 Å². The molecule has 0 spiro atoms. The number of urea groups is 1. The second-order valence-electron chi connectivity index (χ2n) is 9.40. The SMILES string of the molecule is COc1ccc2c(CCNC(=O)N3CCC(CCNC(=O)COCc4ccc(F)cc4)CC3)c[nH]c2c1. The van der Waals surface area contributed by atoms with E-state index in [9.17, 15) is 14.0 Å². The van der Waals surface area contributed by atoms with Crippen LogP contribution >= 0.6 is 0 Å². The molecule has 198 valence electrons. The number of hydrogen-bond acceptors (Lipinski definition) is 4. The molecule has 0 bridgehead atoms. The van der Waals surface area contributed by atoms with E-state index in [-0.39, 0.29) is 31.0 Å². The smallest absolute Gasteiger partial charge is 0.317 e. The summed E-state index contributed by atoms with van der Waals surface area (Å²) in [6, 6.07) is 12.0. The third-order valence-electron chi connectivity index (χ3n) is 6.84. The highest BCUT2D eigenvalue weighted by molar-refractivity contribution is 5.84. The first-order valence-electron chi connectivity index (χ1n) is 12.8. The molecule has 0 radical (unpaired) electrons. The Morgan fingerprint density at radius 2 is 1.86 bits per heavy atom. The first kappa shape index (κ1) is 26.5. The number of carbonyl (C=O) groups is 2. The summed E-state index contributed by atoms with van der Waals surface area (Å²) < 4.78 is 23.6. The molecule has 8 nitrogen and oxygen atoms in total. The number of halogens is 1. The number of fused-ring (bicyclic) bond motifs is 1. The topological polar surface area (TPSA) is 95.7 Å². The Labute approximate surface area is 216 Å². The summed E-state index contributed by atoms with van der Waals surface area (Å²) in [4.78, 5) is 29.7. The van der Waals surface area contributed by atoms with Gasteiger partial charge in [-0.05, 0) is 67.0 Å². The van der Waals surface area contributed by atoms with Crippen molar-refractivity contribution in [3.05, 3.63) is 65.6 Å². The molecule has 2 heterocycles. The summed E-state index contributed by atoms with van der Waals surface area (Å²) >= 11 is 0. The molecule has 3 amide bonds. The Bertz CT molecular complexity index is 1170. The molecule has 1 aromatic heterocycles. The minimum absolute atomic E-state index is 0.0217. The lowest BCUT2D eigenvalue weighted by Gasteiger charge is -2.32. The maximum atomic E-state index is 12.9. The van der Waals surface area contributed by atoms with Gasteiger partial charge in [-0.1, -0.05) is 12.1 Å². The largest absolute Gasteiger partial charge is 0.497 e. The van der Waals surface area contributed by atoms with Crippen LogP contribution in [0.3, 0.4) is 0 Å². The number of likely N-dealkylation sites (tertiary alicyclic amines) is 1. The molecule has 0 atom stereocenters. The van der Waals surface area contributed by atoms with Crippen LogP contribution in [0.4, 0.5) is 9.18 Å². The van der Waals surface area contributed by atoms with Crippen LogP contribution in [0.5, 0.6) is 5.75 Å². The van der Waals surface area contributed by atoms with Crippen molar-refractivity contribution in [3.8, 4) is 5.75 Å². The first-order valence-corrected chi connectivity index (χ1v) is 12.8. The van der Waals surface area contributed by atoms with Gasteiger partial charge in [0.1, 0.15) is 18.2 Å². The first-order chi connectivity index (χ1) is 18.0. The summed E-state index contributed by atoms with van der Waals surface area (Å²) in [5.74, 6) is 0.838. The molecule has 9 heteroatoms. The predicted octanol–water partition coefficient (Wildman–Crippen LogP) is 4.00. The van der Waals surface area contributed by atoms with Crippen LogP contribution in [0, 0.1) is 11.7 Å². The molecule has 1 aliphatic heterocycles. The van der Waals surface area contributed by atoms with Crippen molar-refractivity contribution < 1.29 is 23.5 Å². The average Bonchev–Trinajstić information content (AvgIpc) is 3.32. The number of ether oxygens (including phenoxy) is 2. The van der Waals surface area contributed by atoms with Gasteiger partial charge < -0.3 is 30.0 Å². The molecule has 3 aromatic rings. The van der Waals surface area contributed by atoms with Gasteiger partial charge in [0.2, 0.25) is 5.91 Å². The van der Waals surface area contributed by atoms with Gasteiger partial charge in [-0.25, -0.2) is 9.18 Å². The zero-order valence-corrected chi connectivity index (χ0v) is 21.2. The summed E-state index contributed by atoms with van der Waals surface area (Å²) in [6.07, 6.45) is 5.47. The van der Waals surface area contributed by atoms with Gasteiger partial charge in [0.25, 0.3) is 0 Å². The summed E-state index contributed by atoms with van der Waals surface area (Å²) in [5, 5.41) is 7.08. The molecule has 4 rings (SSSR count). The molecule has 2 aromatic carbocycles. The average molecular weight is 511 g/mol. The van der Waals surface area contributed by atoms with Crippen LogP contribution < -0.4 is 15.4 Å². The van der Waals surface area contributed by atoms with Crippen LogP contribution in [0.2, 0.25) is 0 Å². The Kier molecular flexibility index (Phi) is 9.37. The van der Waals surface area contributed by atoms with Crippen molar-refractivity contribution in [1.82, 2.24) is 20.5 Å². The number of H-pyrrole nitrogens is 1. The van der Waals surface area contributed by atoms with Crippen molar-refractivity contribution in [2.24, 2.45) is 5.92 Å². The van der Waals surface area contributed by atoms with E-state index >= 15 is 0 Å². The maximum absolute atomic E-state index is 12.9. The molecule has 0 unspecified atom stereocenters. The lowest BCUT2D eigenvalue weighted by atomic mass is 9.94. The van der Waals surface area contributed by atoms with E-state index in [1.165, 1.54) is 17.7 Å². The Balaban J connectivity index is 1.07. The molecule has 0 aliphatic carbocycles. The van der Waals surface area contributed by atoms with E-state index in [4.69, 9.17) is 9.47 Å². The lowest BCUT2D eigenvalue weighted by Crippen LogP contribution is -2.45. The molecule has 3 N–H and O–H groups in total. The van der Waals surface area contributed by atoms with Gasteiger partial charge >= 0.3 is 6.03 Å². The number of nitrogens with one attached hydrogen (secondary N) is 3. The second kappa shape index (κ2) is 13.1. The number of hydrogen-bond donors (Lipinski definition) is 3. The number of benzene rings is 2. The van der Waals surface area contributed by atoms with Crippen LogP contribution in [-0.4, -0.2) is 61.7 Å². The van der Waals surface area contributed by atoms with Crippen molar-refractivity contribution in [3.63, 3.8) is 0 Å². The maximum Gasteiger partial charge on any atom is 0.317 e. The highest BCUT2D eigenvalue weighted by Gasteiger charge is 2.22. The van der Waals surface area contributed by atoms with Gasteiger partial charge in [0.15, 0.2) is 0 Å². The Hall–Kier alpha value is -3.59. The van der Waals surface area contributed by atoms with Gasteiger partial charge in [0.05, 0.1) is 13.7 Å². The lowest BCUT2D eigenvalue weighted by molar-refractivity contribution is -0.126. The van der Waals surface area contributed by atoms with Crippen LogP contribution in [0.25, 0.3) is 10.9 Å². The van der Waals surface area contributed by atoms with E-state index in [2.05, 4.69) is 15.6 Å². The second-order valence-corrected chi connectivity index (χ2v) is 9.40. The molecular weight excluding hydrogens is 475 g/mol. The fourth-order valence-electron chi connectivity index (χ4n) is 4.65. The summed E-state index contributed by atoms with van der Waals surface area (Å²) in [6.45, 7) is 2.85. The number of carbonyl (C=O) groups excluding carboxylic acids is 2. The third kappa shape index (κ3) is 7.69. The number of piperidine rings is 1. The highest BCUT2D eigenvalue weighted by Crippen LogP contribution is 2.23. The van der Waals surface area contributed by atoms with E-state index in [0.717, 1.165) is 61.0 Å². The molecule has 0 saturated carbocycles. The van der Waals surface area contributed by atoms with Gasteiger partial charge in [-0.2, -0.15) is 0 Å². The minimum Gasteiger partial charge on any atom is -0.497 e. The molecule has 1 aliphatic rings. The number of methoxy groups -OCH3 is 1. The Morgan fingerprint density at radius 3 is 2.62 bits per heavy atom.